The van der Waals surface area contributed by atoms with Crippen molar-refractivity contribution in [3.63, 3.8) is 0 Å². The van der Waals surface area contributed by atoms with Crippen molar-refractivity contribution in [2.45, 2.75) is 36.8 Å². The van der Waals surface area contributed by atoms with E-state index in [2.05, 4.69) is 9.80 Å². The van der Waals surface area contributed by atoms with E-state index >= 15 is 0 Å². The number of ketones is 2. The Morgan fingerprint density at radius 3 is 1.26 bits per heavy atom. The van der Waals surface area contributed by atoms with Gasteiger partial charge in [0.15, 0.2) is 11.6 Å². The molecule has 7 heterocycles. The summed E-state index contributed by atoms with van der Waals surface area (Å²) in [5.74, 6) is 0.207. The molecule has 4 bridgehead atoms. The fraction of sp³-hybridized carbons (Fsp3) is 0.846. The second kappa shape index (κ2) is 11.1. The molecule has 7 rings (SSSR count). The van der Waals surface area contributed by atoms with E-state index in [-0.39, 0.29) is 49.8 Å². The molecule has 12 heteroatoms. The predicted octanol–water partition coefficient (Wildman–Crippen LogP) is 0.237. The summed E-state index contributed by atoms with van der Waals surface area (Å²) >= 11 is 0. The van der Waals surface area contributed by atoms with Gasteiger partial charge in [-0.3, -0.25) is 19.4 Å². The van der Waals surface area contributed by atoms with Crippen molar-refractivity contribution in [3.8, 4) is 0 Å². The first-order valence-corrected chi connectivity index (χ1v) is 13.7. The molecule has 0 radical (unpaired) electrons. The Morgan fingerprint density at radius 1 is 0.632 bits per heavy atom. The minimum Gasteiger partial charge on any atom is -0.447 e. The number of rotatable bonds is 8. The molecular weight excluding hydrogens is 496 g/mol. The average molecular weight is 537 g/mol. The van der Waals surface area contributed by atoms with E-state index in [9.17, 15) is 19.2 Å². The third kappa shape index (κ3) is 4.69. The van der Waals surface area contributed by atoms with E-state index < -0.39 is 23.3 Å². The van der Waals surface area contributed by atoms with Crippen LogP contribution in [0.25, 0.3) is 0 Å². The number of carbonyl (C=O) groups is 4. The Bertz CT molecular complexity index is 850. The van der Waals surface area contributed by atoms with Crippen molar-refractivity contribution in [1.29, 1.82) is 0 Å². The summed E-state index contributed by atoms with van der Waals surface area (Å²) < 4.78 is 22.1. The SMILES string of the molecule is COCC1(COC(=O)N2CCN(C(=O)OCC3(COC)C(=O)C4CCN3CC4)CC2)C(=O)C2CCN1CC2. The maximum Gasteiger partial charge on any atom is 0.409 e. The third-order valence-corrected chi connectivity index (χ3v) is 9.29. The number of methoxy groups -OCH3 is 2. The standard InChI is InChI=1S/C26H40N4O8/c1-35-15-25(21(31)19-3-7-29(25)8-4-19)17-37-23(33)27-11-13-28(14-12-27)24(34)38-18-26(16-36-2)22(32)20-5-9-30(26)10-6-20/h19-20H,3-18H2,1-2H3. The van der Waals surface area contributed by atoms with Crippen LogP contribution in [-0.4, -0.2) is 147 Å². The molecule has 0 aromatic carbocycles. The highest BCUT2D eigenvalue weighted by atomic mass is 16.6. The van der Waals surface area contributed by atoms with Crippen LogP contribution < -0.4 is 0 Å². The second-order valence-electron chi connectivity index (χ2n) is 11.3. The van der Waals surface area contributed by atoms with Gasteiger partial charge in [0.25, 0.3) is 0 Å². The molecule has 2 unspecified atom stereocenters. The van der Waals surface area contributed by atoms with Gasteiger partial charge in [-0.2, -0.15) is 0 Å². The quantitative estimate of drug-likeness (QED) is 0.427. The van der Waals surface area contributed by atoms with Crippen LogP contribution in [0.2, 0.25) is 0 Å². The van der Waals surface area contributed by atoms with Crippen molar-refractivity contribution in [2.75, 3.05) is 93.0 Å². The van der Waals surface area contributed by atoms with Crippen molar-refractivity contribution >= 4 is 23.8 Å². The number of piperidine rings is 6. The lowest BCUT2D eigenvalue weighted by Gasteiger charge is -2.52. The van der Waals surface area contributed by atoms with Crippen LogP contribution in [0.1, 0.15) is 25.7 Å². The molecule has 0 aliphatic carbocycles. The van der Waals surface area contributed by atoms with Crippen molar-refractivity contribution in [3.05, 3.63) is 0 Å². The molecular formula is C26H40N4O8. The average Bonchev–Trinajstić information content (AvgIpc) is 2.96. The van der Waals surface area contributed by atoms with Gasteiger partial charge in [0.1, 0.15) is 24.3 Å². The molecule has 0 spiro atoms. The lowest BCUT2D eigenvalue weighted by Crippen LogP contribution is -2.69. The van der Waals surface area contributed by atoms with Crippen LogP contribution in [-0.2, 0) is 28.5 Å². The highest BCUT2D eigenvalue weighted by Crippen LogP contribution is 2.38. The Kier molecular flexibility index (Phi) is 7.95. The van der Waals surface area contributed by atoms with Gasteiger partial charge >= 0.3 is 12.2 Å². The molecule has 7 aliphatic rings. The number of hydrogen-bond acceptors (Lipinski definition) is 10. The topological polar surface area (TPSA) is 118 Å². The number of ether oxygens (including phenoxy) is 4. The van der Waals surface area contributed by atoms with E-state index in [4.69, 9.17) is 18.9 Å². The zero-order valence-electron chi connectivity index (χ0n) is 22.5. The van der Waals surface area contributed by atoms with Gasteiger partial charge in [-0.1, -0.05) is 0 Å². The fourth-order valence-electron chi connectivity index (χ4n) is 7.04. The molecule has 0 aromatic heterocycles. The molecule has 212 valence electrons. The number of hydrogen-bond donors (Lipinski definition) is 0. The molecule has 12 nitrogen and oxygen atoms in total. The zero-order valence-corrected chi connectivity index (χ0v) is 22.5. The number of piperazine rings is 1. The summed E-state index contributed by atoms with van der Waals surface area (Å²) in [6, 6.07) is 0. The van der Waals surface area contributed by atoms with Crippen LogP contribution >= 0.6 is 0 Å². The van der Waals surface area contributed by atoms with Gasteiger partial charge in [-0.15, -0.1) is 0 Å². The smallest absolute Gasteiger partial charge is 0.409 e. The molecule has 7 saturated heterocycles. The summed E-state index contributed by atoms with van der Waals surface area (Å²) in [4.78, 5) is 59.2. The first kappa shape index (κ1) is 27.3. The van der Waals surface area contributed by atoms with Gasteiger partial charge in [0.2, 0.25) is 0 Å². The minimum atomic E-state index is -0.915. The van der Waals surface area contributed by atoms with Crippen LogP contribution in [0.3, 0.4) is 0 Å². The predicted molar refractivity (Wildman–Crippen MR) is 134 cm³/mol. The van der Waals surface area contributed by atoms with Gasteiger partial charge in [0, 0.05) is 78.4 Å². The van der Waals surface area contributed by atoms with Crippen LogP contribution in [0.15, 0.2) is 0 Å². The summed E-state index contributed by atoms with van der Waals surface area (Å²) in [6.07, 6.45) is 2.37. The molecule has 7 fully saturated rings. The summed E-state index contributed by atoms with van der Waals surface area (Å²) in [7, 11) is 3.11. The fourth-order valence-corrected chi connectivity index (χ4v) is 7.04. The van der Waals surface area contributed by atoms with Gasteiger partial charge < -0.3 is 28.7 Å². The second-order valence-corrected chi connectivity index (χ2v) is 11.3. The Labute approximate surface area is 223 Å². The maximum absolute atomic E-state index is 13.1. The van der Waals surface area contributed by atoms with Crippen molar-refractivity contribution < 1.29 is 38.1 Å². The number of carbonyl (C=O) groups excluding carboxylic acids is 4. The molecule has 2 atom stereocenters. The monoisotopic (exact) mass is 536 g/mol. The first-order valence-electron chi connectivity index (χ1n) is 13.7. The largest absolute Gasteiger partial charge is 0.447 e. The first-order chi connectivity index (χ1) is 18.3. The molecule has 2 amide bonds. The molecule has 7 aliphatic heterocycles. The Hall–Kier alpha value is -2.28. The molecule has 38 heavy (non-hydrogen) atoms. The lowest BCUT2D eigenvalue weighted by atomic mass is 9.74. The van der Waals surface area contributed by atoms with E-state index in [1.165, 1.54) is 0 Å². The molecule has 0 saturated carbocycles. The van der Waals surface area contributed by atoms with Gasteiger partial charge in [-0.05, 0) is 25.7 Å². The van der Waals surface area contributed by atoms with E-state index in [0.29, 0.717) is 26.2 Å². The Balaban J connectivity index is 1.11. The Morgan fingerprint density at radius 2 is 0.974 bits per heavy atom. The number of fused-ring (bicyclic) bond motifs is 6. The molecule has 0 N–H and O–H groups in total. The van der Waals surface area contributed by atoms with Gasteiger partial charge in [-0.25, -0.2) is 9.59 Å². The highest BCUT2D eigenvalue weighted by Gasteiger charge is 2.55. The normalized spacial score (nSPS) is 36.5. The van der Waals surface area contributed by atoms with Gasteiger partial charge in [0.05, 0.1) is 13.2 Å². The minimum absolute atomic E-state index is 0.00215. The van der Waals surface area contributed by atoms with Crippen LogP contribution in [0, 0.1) is 11.8 Å². The summed E-state index contributed by atoms with van der Waals surface area (Å²) in [5.41, 5.74) is -1.83. The number of amides is 2. The molecule has 0 aromatic rings. The highest BCUT2D eigenvalue weighted by molar-refractivity contribution is 5.93. The summed E-state index contributed by atoms with van der Waals surface area (Å²) in [5, 5.41) is 0. The van der Waals surface area contributed by atoms with E-state index in [1.54, 1.807) is 24.0 Å². The number of Topliss-reactive ketones (excluding diaryl/α,β-unsaturated/α-hetero) is 2. The summed E-state index contributed by atoms with van der Waals surface area (Å²) in [6.45, 7) is 4.69. The zero-order chi connectivity index (χ0) is 26.9. The van der Waals surface area contributed by atoms with E-state index in [0.717, 1.165) is 51.9 Å². The van der Waals surface area contributed by atoms with Crippen LogP contribution in [0.4, 0.5) is 9.59 Å². The maximum atomic E-state index is 13.1. The van der Waals surface area contributed by atoms with Crippen molar-refractivity contribution in [1.82, 2.24) is 19.6 Å². The van der Waals surface area contributed by atoms with Crippen LogP contribution in [0.5, 0.6) is 0 Å². The van der Waals surface area contributed by atoms with E-state index in [1.807, 2.05) is 0 Å². The van der Waals surface area contributed by atoms with Crippen molar-refractivity contribution in [2.24, 2.45) is 11.8 Å². The number of nitrogens with zero attached hydrogens (tertiary/aromatic N) is 4. The lowest BCUT2D eigenvalue weighted by molar-refractivity contribution is -0.159. The third-order valence-electron chi connectivity index (χ3n) is 9.29.